The van der Waals surface area contributed by atoms with Crippen LogP contribution in [0.5, 0.6) is 11.5 Å². The maximum Gasteiger partial charge on any atom is 0.231 e. The Labute approximate surface area is 92.7 Å². The lowest BCUT2D eigenvalue weighted by Crippen LogP contribution is -2.15. The van der Waals surface area contributed by atoms with Gasteiger partial charge in [-0.1, -0.05) is 0 Å². The van der Waals surface area contributed by atoms with Crippen molar-refractivity contribution in [3.05, 3.63) is 17.7 Å². The number of halogens is 1. The molecule has 0 amide bonds. The molecule has 1 aliphatic rings. The second-order valence-electron chi connectivity index (χ2n) is 2.92. The number of rotatable bonds is 2. The second kappa shape index (κ2) is 4.37. The fraction of sp³-hybridized carbons (Fsp3) is 0.222. The number of hydrogen-bond donors (Lipinski definition) is 2. The third-order valence-electron chi connectivity index (χ3n) is 2.03. The van der Waals surface area contributed by atoms with Crippen LogP contribution in [0.2, 0.25) is 0 Å². The molecule has 0 spiro atoms. The largest absolute Gasteiger partial charge is 0.454 e. The van der Waals surface area contributed by atoms with Gasteiger partial charge in [0.15, 0.2) is 17.3 Å². The van der Waals surface area contributed by atoms with Crippen molar-refractivity contribution in [1.82, 2.24) is 0 Å². The monoisotopic (exact) mass is 230 g/mol. The first-order valence-electron chi connectivity index (χ1n) is 4.14. The van der Waals surface area contributed by atoms with E-state index >= 15 is 0 Å². The molecule has 15 heavy (non-hydrogen) atoms. The van der Waals surface area contributed by atoms with E-state index < -0.39 is 0 Å². The Kier molecular flexibility index (Phi) is 3.39. The summed E-state index contributed by atoms with van der Waals surface area (Å²) >= 11 is 0. The zero-order valence-corrected chi connectivity index (χ0v) is 8.67. The van der Waals surface area contributed by atoms with Crippen molar-refractivity contribution in [3.63, 3.8) is 0 Å². The van der Waals surface area contributed by atoms with E-state index in [2.05, 4.69) is 0 Å². The van der Waals surface area contributed by atoms with Gasteiger partial charge in [0.2, 0.25) is 6.79 Å². The molecule has 1 aromatic carbocycles. The van der Waals surface area contributed by atoms with Crippen LogP contribution in [0.4, 0.5) is 5.69 Å². The van der Waals surface area contributed by atoms with Crippen molar-refractivity contribution in [2.24, 2.45) is 5.73 Å². The Morgan fingerprint density at radius 2 is 1.93 bits per heavy atom. The van der Waals surface area contributed by atoms with Gasteiger partial charge in [0.1, 0.15) is 0 Å². The quantitative estimate of drug-likeness (QED) is 0.573. The number of nitrogen functional groups attached to an aromatic ring is 1. The Bertz CT molecular complexity index is 395. The predicted octanol–water partition coefficient (Wildman–Crippen LogP) is 0.561. The smallest absolute Gasteiger partial charge is 0.231 e. The minimum Gasteiger partial charge on any atom is -0.454 e. The molecule has 2 rings (SSSR count). The second-order valence-corrected chi connectivity index (χ2v) is 2.92. The van der Waals surface area contributed by atoms with Crippen LogP contribution in [0.15, 0.2) is 12.1 Å². The molecule has 1 aromatic rings. The van der Waals surface area contributed by atoms with Gasteiger partial charge in [0, 0.05) is 17.3 Å². The summed E-state index contributed by atoms with van der Waals surface area (Å²) < 4.78 is 10.2. The van der Waals surface area contributed by atoms with Gasteiger partial charge >= 0.3 is 0 Å². The van der Waals surface area contributed by atoms with Crippen molar-refractivity contribution in [3.8, 4) is 11.5 Å². The molecule has 1 aliphatic heterocycles. The normalized spacial score (nSPS) is 12.1. The molecule has 0 saturated heterocycles. The predicted molar refractivity (Wildman–Crippen MR) is 57.6 cm³/mol. The van der Waals surface area contributed by atoms with Gasteiger partial charge in [0.25, 0.3) is 0 Å². The minimum absolute atomic E-state index is 0. The summed E-state index contributed by atoms with van der Waals surface area (Å²) in [6.45, 7) is 0.0961. The van der Waals surface area contributed by atoms with E-state index in [1.807, 2.05) is 0 Å². The van der Waals surface area contributed by atoms with Gasteiger partial charge in [-0.3, -0.25) is 4.79 Å². The number of ether oxygens (including phenoxy) is 2. The van der Waals surface area contributed by atoms with Gasteiger partial charge < -0.3 is 20.9 Å². The summed E-state index contributed by atoms with van der Waals surface area (Å²) in [5.41, 5.74) is 11.7. The molecule has 1 heterocycles. The lowest BCUT2D eigenvalue weighted by atomic mass is 10.1. The zero-order valence-electron chi connectivity index (χ0n) is 7.86. The third-order valence-corrected chi connectivity index (χ3v) is 2.03. The number of hydrogen-bond acceptors (Lipinski definition) is 5. The average Bonchev–Trinajstić information content (AvgIpc) is 2.62. The Morgan fingerprint density at radius 3 is 2.53 bits per heavy atom. The van der Waals surface area contributed by atoms with Crippen molar-refractivity contribution < 1.29 is 14.3 Å². The highest BCUT2D eigenvalue weighted by Gasteiger charge is 2.18. The number of benzene rings is 1. The van der Waals surface area contributed by atoms with Crippen molar-refractivity contribution >= 4 is 23.9 Å². The molecule has 0 atom stereocenters. The molecule has 6 heteroatoms. The van der Waals surface area contributed by atoms with Crippen LogP contribution in [0.1, 0.15) is 10.4 Å². The maximum absolute atomic E-state index is 11.3. The number of anilines is 1. The summed E-state index contributed by atoms with van der Waals surface area (Å²) in [5, 5.41) is 0. The molecular weight excluding hydrogens is 220 g/mol. The summed E-state index contributed by atoms with van der Waals surface area (Å²) in [5.74, 6) is 0.896. The summed E-state index contributed by atoms with van der Waals surface area (Å²) in [6.07, 6.45) is 0. The van der Waals surface area contributed by atoms with Gasteiger partial charge in [-0.05, 0) is 6.07 Å². The van der Waals surface area contributed by atoms with E-state index in [4.69, 9.17) is 20.9 Å². The van der Waals surface area contributed by atoms with Crippen LogP contribution in [0, 0.1) is 0 Å². The highest BCUT2D eigenvalue weighted by Crippen LogP contribution is 2.35. The topological polar surface area (TPSA) is 87.6 Å². The SMILES string of the molecule is Cl.NCC(=O)c1cc2c(cc1N)OCO2. The van der Waals surface area contributed by atoms with Crippen LogP contribution in [-0.2, 0) is 0 Å². The molecule has 82 valence electrons. The van der Waals surface area contributed by atoms with E-state index in [1.165, 1.54) is 0 Å². The van der Waals surface area contributed by atoms with Crippen molar-refractivity contribution in [2.75, 3.05) is 19.1 Å². The Hall–Kier alpha value is -1.46. The fourth-order valence-corrected chi connectivity index (χ4v) is 1.31. The van der Waals surface area contributed by atoms with E-state index in [0.29, 0.717) is 22.7 Å². The number of carbonyl (C=O) groups excluding carboxylic acids is 1. The Morgan fingerprint density at radius 1 is 1.33 bits per heavy atom. The van der Waals surface area contributed by atoms with E-state index in [-0.39, 0.29) is 31.5 Å². The van der Waals surface area contributed by atoms with E-state index in [9.17, 15) is 4.79 Å². The molecule has 4 N–H and O–H groups in total. The van der Waals surface area contributed by atoms with Crippen LogP contribution in [0.3, 0.4) is 0 Å². The van der Waals surface area contributed by atoms with Crippen LogP contribution in [-0.4, -0.2) is 19.1 Å². The highest BCUT2D eigenvalue weighted by atomic mass is 35.5. The fourth-order valence-electron chi connectivity index (χ4n) is 1.31. The van der Waals surface area contributed by atoms with Crippen LogP contribution >= 0.6 is 12.4 Å². The number of nitrogens with two attached hydrogens (primary N) is 2. The van der Waals surface area contributed by atoms with Crippen LogP contribution in [0.25, 0.3) is 0 Å². The molecular formula is C9H11ClN2O3. The number of fused-ring (bicyclic) bond motifs is 1. The van der Waals surface area contributed by atoms with Gasteiger partial charge in [-0.25, -0.2) is 0 Å². The molecule has 0 unspecified atom stereocenters. The van der Waals surface area contributed by atoms with E-state index in [1.54, 1.807) is 12.1 Å². The lowest BCUT2D eigenvalue weighted by Gasteiger charge is -2.04. The summed E-state index contributed by atoms with van der Waals surface area (Å²) in [6, 6.07) is 3.14. The molecule has 0 aliphatic carbocycles. The van der Waals surface area contributed by atoms with Crippen LogP contribution < -0.4 is 20.9 Å². The van der Waals surface area contributed by atoms with Crippen molar-refractivity contribution in [1.29, 1.82) is 0 Å². The van der Waals surface area contributed by atoms with Gasteiger partial charge in [0.05, 0.1) is 6.54 Å². The van der Waals surface area contributed by atoms with E-state index in [0.717, 1.165) is 0 Å². The van der Waals surface area contributed by atoms with Gasteiger partial charge in [-0.15, -0.1) is 12.4 Å². The first kappa shape index (κ1) is 11.6. The Balaban J connectivity index is 0.00000112. The molecule has 5 nitrogen and oxygen atoms in total. The third kappa shape index (κ3) is 1.98. The first-order valence-corrected chi connectivity index (χ1v) is 4.14. The molecule has 0 fully saturated rings. The number of Topliss-reactive ketones (excluding diaryl/α,β-unsaturated/α-hetero) is 1. The lowest BCUT2D eigenvalue weighted by molar-refractivity contribution is 0.100. The maximum atomic E-state index is 11.3. The molecule has 0 saturated carbocycles. The first-order chi connectivity index (χ1) is 6.72. The highest BCUT2D eigenvalue weighted by molar-refractivity contribution is 6.02. The summed E-state index contributed by atoms with van der Waals surface area (Å²) in [4.78, 5) is 11.3. The molecule has 0 aromatic heterocycles. The van der Waals surface area contributed by atoms with Gasteiger partial charge in [-0.2, -0.15) is 0 Å². The average molecular weight is 231 g/mol. The van der Waals surface area contributed by atoms with Crippen molar-refractivity contribution in [2.45, 2.75) is 0 Å². The minimum atomic E-state index is -0.208. The zero-order chi connectivity index (χ0) is 10.1. The number of carbonyl (C=O) groups is 1. The standard InChI is InChI=1S/C9H10N2O3.ClH/c10-3-7(12)5-1-8-9(2-6(5)11)14-4-13-8;/h1-2H,3-4,10-11H2;1H. The number of ketones is 1. The summed E-state index contributed by atoms with van der Waals surface area (Å²) in [7, 11) is 0. The molecule has 0 radical (unpaired) electrons. The molecule has 0 bridgehead atoms.